The van der Waals surface area contributed by atoms with Crippen molar-refractivity contribution in [3.63, 3.8) is 0 Å². The molecule has 4 aromatic rings. The van der Waals surface area contributed by atoms with Crippen LogP contribution in [0.4, 0.5) is 16.6 Å². The van der Waals surface area contributed by atoms with Crippen molar-refractivity contribution < 1.29 is 9.53 Å². The van der Waals surface area contributed by atoms with Crippen LogP contribution in [0.5, 0.6) is 5.75 Å². The van der Waals surface area contributed by atoms with Gasteiger partial charge in [0.15, 0.2) is 5.13 Å². The average molecular weight is 420 g/mol. The van der Waals surface area contributed by atoms with Gasteiger partial charge < -0.3 is 15.4 Å². The summed E-state index contributed by atoms with van der Waals surface area (Å²) in [5, 5.41) is 12.8. The number of thiazole rings is 1. The molecule has 0 unspecified atom stereocenters. The number of hydrogen-bond acceptors (Lipinski definition) is 6. The number of amides is 1. The van der Waals surface area contributed by atoms with Gasteiger partial charge >= 0.3 is 0 Å². The first-order valence-corrected chi connectivity index (χ1v) is 10.3. The predicted molar refractivity (Wildman–Crippen MR) is 119 cm³/mol. The standard InChI is InChI=1S/C22H21N5O2S/c1-29-18-9-7-17(8-10-18)24-22-25-19(15-30-22)21(28)26-20-11-13-23-27(20)14-12-16-5-3-2-4-6-16/h2-11,13,15H,12,14H2,1H3,(H,24,25)(H,26,28). The molecule has 30 heavy (non-hydrogen) atoms. The minimum Gasteiger partial charge on any atom is -0.497 e. The first-order valence-electron chi connectivity index (χ1n) is 9.45. The van der Waals surface area contributed by atoms with Crippen LogP contribution >= 0.6 is 11.3 Å². The highest BCUT2D eigenvalue weighted by molar-refractivity contribution is 7.14. The van der Waals surface area contributed by atoms with Gasteiger partial charge in [0, 0.05) is 23.7 Å². The molecule has 0 aliphatic carbocycles. The quantitative estimate of drug-likeness (QED) is 0.437. The van der Waals surface area contributed by atoms with E-state index in [2.05, 4.69) is 32.8 Å². The molecule has 4 rings (SSSR count). The van der Waals surface area contributed by atoms with Crippen LogP contribution in [-0.2, 0) is 13.0 Å². The van der Waals surface area contributed by atoms with E-state index >= 15 is 0 Å². The number of hydrogen-bond donors (Lipinski definition) is 2. The normalized spacial score (nSPS) is 10.6. The number of nitrogens with zero attached hydrogens (tertiary/aromatic N) is 3. The molecule has 152 valence electrons. The van der Waals surface area contributed by atoms with Gasteiger partial charge in [-0.05, 0) is 36.2 Å². The summed E-state index contributed by atoms with van der Waals surface area (Å²) in [5.74, 6) is 1.16. The Morgan fingerprint density at radius 3 is 2.67 bits per heavy atom. The van der Waals surface area contributed by atoms with E-state index in [9.17, 15) is 4.79 Å². The molecule has 0 fully saturated rings. The lowest BCUT2D eigenvalue weighted by Crippen LogP contribution is -2.16. The van der Waals surface area contributed by atoms with E-state index in [1.807, 2.05) is 42.5 Å². The third-order valence-corrected chi connectivity index (χ3v) is 5.25. The molecule has 0 saturated heterocycles. The zero-order valence-corrected chi connectivity index (χ0v) is 17.2. The predicted octanol–water partition coefficient (Wildman–Crippen LogP) is 4.59. The molecule has 0 aliphatic heterocycles. The zero-order chi connectivity index (χ0) is 20.8. The monoisotopic (exact) mass is 419 g/mol. The van der Waals surface area contributed by atoms with Crippen molar-refractivity contribution in [1.29, 1.82) is 0 Å². The molecular weight excluding hydrogens is 398 g/mol. The number of benzene rings is 2. The second-order valence-electron chi connectivity index (χ2n) is 6.52. The van der Waals surface area contributed by atoms with Crippen LogP contribution in [0.3, 0.4) is 0 Å². The number of carbonyl (C=O) groups excluding carboxylic acids is 1. The number of ether oxygens (including phenoxy) is 1. The third kappa shape index (κ3) is 4.84. The molecule has 0 atom stereocenters. The largest absolute Gasteiger partial charge is 0.497 e. The van der Waals surface area contributed by atoms with Gasteiger partial charge in [0.05, 0.1) is 13.3 Å². The summed E-state index contributed by atoms with van der Waals surface area (Å²) in [7, 11) is 1.63. The van der Waals surface area contributed by atoms with Crippen LogP contribution < -0.4 is 15.4 Å². The Balaban J connectivity index is 1.37. The number of carbonyl (C=O) groups is 1. The number of methoxy groups -OCH3 is 1. The average Bonchev–Trinajstić information content (AvgIpc) is 3.43. The Hall–Kier alpha value is -3.65. The van der Waals surface area contributed by atoms with Crippen LogP contribution in [0.1, 0.15) is 16.1 Å². The van der Waals surface area contributed by atoms with Crippen LogP contribution in [0.25, 0.3) is 0 Å². The summed E-state index contributed by atoms with van der Waals surface area (Å²) in [4.78, 5) is 17.0. The highest BCUT2D eigenvalue weighted by atomic mass is 32.1. The summed E-state index contributed by atoms with van der Waals surface area (Å²) in [6.45, 7) is 0.675. The van der Waals surface area contributed by atoms with Crippen molar-refractivity contribution in [2.45, 2.75) is 13.0 Å². The number of anilines is 3. The molecule has 2 heterocycles. The topological polar surface area (TPSA) is 81.1 Å². The Morgan fingerprint density at radius 2 is 1.90 bits per heavy atom. The number of aromatic nitrogens is 3. The minimum atomic E-state index is -0.268. The van der Waals surface area contributed by atoms with Gasteiger partial charge in [-0.15, -0.1) is 11.3 Å². The SMILES string of the molecule is COc1ccc(Nc2nc(C(=O)Nc3ccnn3CCc3ccccc3)cs2)cc1. The summed E-state index contributed by atoms with van der Waals surface area (Å²) in [6, 6.07) is 19.5. The summed E-state index contributed by atoms with van der Waals surface area (Å²) in [6.07, 6.45) is 2.51. The number of nitrogens with one attached hydrogen (secondary N) is 2. The maximum atomic E-state index is 12.6. The van der Waals surface area contributed by atoms with Gasteiger partial charge in [-0.25, -0.2) is 9.67 Å². The molecule has 2 aromatic carbocycles. The molecule has 0 radical (unpaired) electrons. The van der Waals surface area contributed by atoms with E-state index in [-0.39, 0.29) is 5.91 Å². The van der Waals surface area contributed by atoms with E-state index in [0.717, 1.165) is 17.9 Å². The van der Waals surface area contributed by atoms with E-state index in [0.29, 0.717) is 23.2 Å². The smallest absolute Gasteiger partial charge is 0.276 e. The Kier molecular flexibility index (Phi) is 6.05. The first-order chi connectivity index (χ1) is 14.7. The first kappa shape index (κ1) is 19.7. The van der Waals surface area contributed by atoms with Gasteiger partial charge in [-0.1, -0.05) is 30.3 Å². The van der Waals surface area contributed by atoms with E-state index < -0.39 is 0 Å². The summed E-state index contributed by atoms with van der Waals surface area (Å²) < 4.78 is 6.94. The molecule has 8 heteroatoms. The summed E-state index contributed by atoms with van der Waals surface area (Å²) >= 11 is 1.37. The lowest BCUT2D eigenvalue weighted by molar-refractivity contribution is 0.102. The zero-order valence-electron chi connectivity index (χ0n) is 16.4. The van der Waals surface area contributed by atoms with E-state index in [1.54, 1.807) is 29.4 Å². The molecule has 0 aliphatic rings. The molecule has 0 bridgehead atoms. The van der Waals surface area contributed by atoms with Crippen molar-refractivity contribution in [2.75, 3.05) is 17.7 Å². The lowest BCUT2D eigenvalue weighted by atomic mass is 10.1. The molecule has 1 amide bonds. The molecule has 0 spiro atoms. The van der Waals surface area contributed by atoms with Crippen LogP contribution in [-0.4, -0.2) is 27.8 Å². The van der Waals surface area contributed by atoms with Gasteiger partial charge in [0.1, 0.15) is 17.3 Å². The molecule has 0 saturated carbocycles. The Morgan fingerprint density at radius 1 is 1.10 bits per heavy atom. The second-order valence-corrected chi connectivity index (χ2v) is 7.38. The fraction of sp³-hybridized carbons (Fsp3) is 0.136. The van der Waals surface area contributed by atoms with E-state index in [4.69, 9.17) is 4.74 Å². The highest BCUT2D eigenvalue weighted by Crippen LogP contribution is 2.23. The van der Waals surface area contributed by atoms with Crippen LogP contribution in [0, 0.1) is 0 Å². The fourth-order valence-electron chi connectivity index (χ4n) is 2.91. The summed E-state index contributed by atoms with van der Waals surface area (Å²) in [5.41, 5.74) is 2.45. The Labute approximate surface area is 178 Å². The Bertz CT molecular complexity index is 1110. The van der Waals surface area contributed by atoms with Gasteiger partial charge in [0.25, 0.3) is 5.91 Å². The highest BCUT2D eigenvalue weighted by Gasteiger charge is 2.13. The van der Waals surface area contributed by atoms with E-state index in [1.165, 1.54) is 16.9 Å². The lowest BCUT2D eigenvalue weighted by Gasteiger charge is -2.08. The third-order valence-electron chi connectivity index (χ3n) is 4.49. The van der Waals surface area contributed by atoms with Gasteiger partial charge in [-0.2, -0.15) is 5.10 Å². The van der Waals surface area contributed by atoms with Crippen molar-refractivity contribution in [1.82, 2.24) is 14.8 Å². The molecule has 7 nitrogen and oxygen atoms in total. The fourth-order valence-corrected chi connectivity index (χ4v) is 3.62. The van der Waals surface area contributed by atoms with Crippen molar-refractivity contribution in [3.05, 3.63) is 83.5 Å². The second kappa shape index (κ2) is 9.23. The van der Waals surface area contributed by atoms with Crippen molar-refractivity contribution in [2.24, 2.45) is 0 Å². The van der Waals surface area contributed by atoms with Gasteiger partial charge in [-0.3, -0.25) is 4.79 Å². The van der Waals surface area contributed by atoms with Crippen molar-refractivity contribution in [3.8, 4) is 5.75 Å². The number of aryl methyl sites for hydroxylation is 2. The minimum absolute atomic E-state index is 0.268. The number of rotatable bonds is 8. The molecule has 2 aromatic heterocycles. The maximum Gasteiger partial charge on any atom is 0.276 e. The molecular formula is C22H21N5O2S. The van der Waals surface area contributed by atoms with Crippen LogP contribution in [0.2, 0.25) is 0 Å². The van der Waals surface area contributed by atoms with Crippen LogP contribution in [0.15, 0.2) is 72.2 Å². The molecule has 2 N–H and O–H groups in total. The maximum absolute atomic E-state index is 12.6. The van der Waals surface area contributed by atoms with Crippen molar-refractivity contribution >= 4 is 33.9 Å². The van der Waals surface area contributed by atoms with Gasteiger partial charge in [0.2, 0.25) is 0 Å².